The van der Waals surface area contributed by atoms with Gasteiger partial charge in [-0.05, 0) is 31.4 Å². The van der Waals surface area contributed by atoms with Gasteiger partial charge in [0.05, 0.1) is 26.4 Å². The number of hydrogen-bond acceptors (Lipinski definition) is 5. The van der Waals surface area contributed by atoms with Gasteiger partial charge in [0.1, 0.15) is 0 Å². The first-order valence-electron chi connectivity index (χ1n) is 31.3. The molecule has 0 fully saturated rings. The average Bonchev–Trinajstić information content (AvgIpc) is 3.36. The summed E-state index contributed by atoms with van der Waals surface area (Å²) in [6.45, 7) is 8.53. The molecule has 409 valence electrons. The summed E-state index contributed by atoms with van der Waals surface area (Å²) in [4.78, 5) is 26.2. The van der Waals surface area contributed by atoms with Crippen LogP contribution in [0.1, 0.15) is 339 Å². The van der Waals surface area contributed by atoms with Crippen LogP contribution in [0.15, 0.2) is 12.1 Å². The number of carbonyl (C=O) groups is 1. The fourth-order valence-corrected chi connectivity index (χ4v) is 9.93. The second-order valence-electron chi connectivity index (χ2n) is 21.6. The second-order valence-corrected chi connectivity index (χ2v) is 21.6. The lowest BCUT2D eigenvalue weighted by Crippen LogP contribution is -2.28. The number of amides is 1. The number of nitrogens with zero attached hydrogens (tertiary/aromatic N) is 1. The Morgan fingerprint density at radius 1 is 0.357 bits per heavy atom. The Balaban J connectivity index is 2.65. The lowest BCUT2D eigenvalue weighted by molar-refractivity contribution is 0.0812. The Morgan fingerprint density at radius 2 is 0.571 bits per heavy atom. The predicted molar refractivity (Wildman–Crippen MR) is 304 cm³/mol. The van der Waals surface area contributed by atoms with Gasteiger partial charge in [0.15, 0.2) is 11.5 Å². The van der Waals surface area contributed by atoms with Crippen molar-refractivity contribution >= 4 is 12.2 Å². The summed E-state index contributed by atoms with van der Waals surface area (Å²) < 4.78 is 19.5. The highest BCUT2D eigenvalue weighted by molar-refractivity contribution is 5.96. The van der Waals surface area contributed by atoms with Crippen molar-refractivity contribution in [3.63, 3.8) is 0 Å². The molecule has 0 N–H and O–H groups in total. The van der Waals surface area contributed by atoms with Gasteiger partial charge in [0.25, 0.3) is 5.91 Å². The van der Waals surface area contributed by atoms with Crippen LogP contribution in [-0.4, -0.2) is 50.5 Å². The normalized spacial score (nSPS) is 11.4. The van der Waals surface area contributed by atoms with Gasteiger partial charge in [-0.2, -0.15) is 0 Å². The van der Waals surface area contributed by atoms with Gasteiger partial charge < -0.3 is 19.1 Å². The molecule has 0 aliphatic rings. The summed E-state index contributed by atoms with van der Waals surface area (Å²) in [6, 6.07) is 3.61. The smallest absolute Gasteiger partial charge is 0.254 e. The maximum atomic E-state index is 13.5. The van der Waals surface area contributed by atoms with E-state index < -0.39 is 0 Å². The number of hydrogen-bond donors (Lipinski definition) is 0. The third-order valence-electron chi connectivity index (χ3n) is 14.7. The molecule has 0 unspecified atom stereocenters. The van der Waals surface area contributed by atoms with Crippen LogP contribution < -0.4 is 14.2 Å². The Kier molecular flexibility index (Phi) is 49.9. The molecule has 1 aromatic carbocycles. The predicted octanol–water partition coefficient (Wildman–Crippen LogP) is 20.8. The number of rotatable bonds is 57. The molecule has 0 aliphatic carbocycles. The van der Waals surface area contributed by atoms with E-state index in [0.717, 1.165) is 38.5 Å². The molecule has 0 saturated carbocycles. The monoisotopic (exact) mass is 981 g/mol. The summed E-state index contributed by atoms with van der Waals surface area (Å²) >= 11 is 0. The molecule has 1 rings (SSSR count). The topological polar surface area (TPSA) is 65.1 Å². The van der Waals surface area contributed by atoms with Crippen LogP contribution in [0.3, 0.4) is 0 Å². The van der Waals surface area contributed by atoms with Crippen LogP contribution in [0.25, 0.3) is 0 Å². The highest BCUT2D eigenvalue weighted by atomic mass is 16.5. The van der Waals surface area contributed by atoms with Crippen LogP contribution >= 0.6 is 0 Å². The molecule has 0 aromatic heterocycles. The minimum atomic E-state index is -0.243. The molecule has 0 spiro atoms. The first kappa shape index (κ1) is 65.8. The van der Waals surface area contributed by atoms with Crippen LogP contribution in [0.4, 0.5) is 0 Å². The highest BCUT2D eigenvalue weighted by Crippen LogP contribution is 2.40. The summed E-state index contributed by atoms with van der Waals surface area (Å²) in [6.07, 6.45) is 65.8. The van der Waals surface area contributed by atoms with Crippen LogP contribution in [0, 0.1) is 0 Å². The zero-order chi connectivity index (χ0) is 50.5. The number of unbranched alkanes of at least 4 members (excludes halogenated alkanes) is 45. The third-order valence-corrected chi connectivity index (χ3v) is 14.7. The van der Waals surface area contributed by atoms with Gasteiger partial charge in [-0.3, -0.25) is 9.59 Å². The van der Waals surface area contributed by atoms with E-state index in [1.165, 1.54) is 275 Å². The van der Waals surface area contributed by atoms with Crippen molar-refractivity contribution in [2.45, 2.75) is 329 Å². The second kappa shape index (κ2) is 53.1. The lowest BCUT2D eigenvalue weighted by Gasteiger charge is -2.20. The zero-order valence-electron chi connectivity index (χ0n) is 47.4. The van der Waals surface area contributed by atoms with Gasteiger partial charge in [0, 0.05) is 12.6 Å². The minimum Gasteiger partial charge on any atom is -0.490 e. The van der Waals surface area contributed by atoms with Crippen molar-refractivity contribution in [1.82, 2.24) is 4.90 Å². The standard InChI is InChI=1S/C64H118NO5/c1-5-8-11-14-17-20-23-26-29-32-35-38-41-44-47-50-55-68-61-58-60(64(67)65(4)53-54-66)59-62(69-56-51-48-45-42-39-36-33-30-27-24-21-18-15-12-9-6-2)63(61)70-57-52-49-46-43-40-37-34-31-28-25-22-19-16-13-10-7-3/h58-59H,5-53,55-57H2,1-4H3. The molecule has 1 aromatic rings. The fourth-order valence-electron chi connectivity index (χ4n) is 9.93. The average molecular weight is 982 g/mol. The van der Waals surface area contributed by atoms with Crippen LogP contribution in [-0.2, 0) is 4.79 Å². The van der Waals surface area contributed by atoms with Crippen molar-refractivity contribution in [2.75, 3.05) is 33.4 Å². The summed E-state index contributed by atoms with van der Waals surface area (Å²) in [7, 11) is 1.64. The maximum absolute atomic E-state index is 13.5. The minimum absolute atomic E-state index is 0.0822. The van der Waals surface area contributed by atoms with E-state index in [1.54, 1.807) is 19.2 Å². The molecule has 0 aliphatic heterocycles. The lowest BCUT2D eigenvalue weighted by atomic mass is 10.0. The molecule has 0 bridgehead atoms. The molecule has 1 radical (unpaired) electrons. The third kappa shape index (κ3) is 41.3. The Bertz CT molecular complexity index is 1190. The van der Waals surface area contributed by atoms with E-state index in [4.69, 9.17) is 14.2 Å². The number of likely N-dealkylation sites (N-methyl/N-ethyl adjacent to an activating group) is 1. The van der Waals surface area contributed by atoms with Crippen molar-refractivity contribution in [2.24, 2.45) is 0 Å². The zero-order valence-corrected chi connectivity index (χ0v) is 47.4. The van der Waals surface area contributed by atoms with Gasteiger partial charge >= 0.3 is 0 Å². The Labute approximate surface area is 436 Å². The van der Waals surface area contributed by atoms with E-state index in [-0.39, 0.29) is 12.5 Å². The summed E-state index contributed by atoms with van der Waals surface area (Å²) in [5.74, 6) is 1.53. The summed E-state index contributed by atoms with van der Waals surface area (Å²) in [5, 5.41) is 0. The molecular formula is C64H118NO5. The molecule has 0 atom stereocenters. The van der Waals surface area contributed by atoms with Gasteiger partial charge in [-0.25, -0.2) is 0 Å². The molecule has 70 heavy (non-hydrogen) atoms. The molecule has 0 saturated heterocycles. The molecular weight excluding hydrogens is 863 g/mol. The largest absolute Gasteiger partial charge is 0.490 e. The van der Waals surface area contributed by atoms with E-state index in [9.17, 15) is 9.59 Å². The molecule has 1 amide bonds. The highest BCUT2D eigenvalue weighted by Gasteiger charge is 2.21. The first-order chi connectivity index (χ1) is 34.6. The van der Waals surface area contributed by atoms with Crippen molar-refractivity contribution in [1.29, 1.82) is 0 Å². The maximum Gasteiger partial charge on any atom is 0.254 e. The SMILES string of the molecule is CCCCCCCCCCCCCCCCCCOc1cc(C(=O)N(C)C[C]=O)cc(OCCCCCCCCCCCCCCCCCC)c1OCCCCCCCCCCCCCCCCCC. The number of benzene rings is 1. The van der Waals surface area contributed by atoms with Gasteiger partial charge in [0.2, 0.25) is 12.0 Å². The number of ether oxygens (including phenoxy) is 3. The van der Waals surface area contributed by atoms with Crippen molar-refractivity contribution in [3.8, 4) is 17.2 Å². The van der Waals surface area contributed by atoms with Gasteiger partial charge in [-0.15, -0.1) is 0 Å². The van der Waals surface area contributed by atoms with E-state index in [0.29, 0.717) is 42.6 Å². The Morgan fingerprint density at radius 3 is 0.800 bits per heavy atom. The van der Waals surface area contributed by atoms with Gasteiger partial charge in [-0.1, -0.05) is 310 Å². The van der Waals surface area contributed by atoms with E-state index in [1.807, 2.05) is 6.29 Å². The van der Waals surface area contributed by atoms with Crippen molar-refractivity contribution in [3.05, 3.63) is 17.7 Å². The van der Waals surface area contributed by atoms with E-state index >= 15 is 0 Å². The van der Waals surface area contributed by atoms with Crippen LogP contribution in [0.2, 0.25) is 0 Å². The quantitative estimate of drug-likeness (QED) is 0.0609. The van der Waals surface area contributed by atoms with Crippen molar-refractivity contribution < 1.29 is 23.8 Å². The van der Waals surface area contributed by atoms with Crippen LogP contribution in [0.5, 0.6) is 17.2 Å². The molecule has 0 heterocycles. The summed E-state index contributed by atoms with van der Waals surface area (Å²) in [5.41, 5.74) is 0.455. The molecule has 6 nitrogen and oxygen atoms in total. The molecule has 6 heteroatoms. The number of carbonyl (C=O) groups excluding carboxylic acids is 2. The Hall–Kier alpha value is -2.24. The van der Waals surface area contributed by atoms with E-state index in [2.05, 4.69) is 20.8 Å². The first-order valence-corrected chi connectivity index (χ1v) is 31.3. The fraction of sp³-hybridized carbons (Fsp3) is 0.875.